The first-order valence-electron chi connectivity index (χ1n) is 6.57. The molecule has 1 aromatic rings. The fourth-order valence-electron chi connectivity index (χ4n) is 1.69. The van der Waals surface area contributed by atoms with Gasteiger partial charge in [0.1, 0.15) is 0 Å². The number of nitrogens with two attached hydrogens (primary N) is 1. The minimum atomic E-state index is -3.39. The third-order valence-corrected chi connectivity index (χ3v) is 4.43. The quantitative estimate of drug-likeness (QED) is 0.791. The Hall–Kier alpha value is -0.620. The number of sulfonamides is 1. The highest BCUT2D eigenvalue weighted by atomic mass is 35.5. The molecule has 3 N–H and O–H groups in total. The van der Waals surface area contributed by atoms with E-state index in [1.165, 1.54) is 0 Å². The highest BCUT2D eigenvalue weighted by molar-refractivity contribution is 7.89. The van der Waals surface area contributed by atoms with E-state index in [1.54, 1.807) is 12.1 Å². The van der Waals surface area contributed by atoms with Gasteiger partial charge in [-0.1, -0.05) is 32.9 Å². The lowest BCUT2D eigenvalue weighted by atomic mass is 9.87. The van der Waals surface area contributed by atoms with Gasteiger partial charge in [0.05, 0.1) is 4.90 Å². The van der Waals surface area contributed by atoms with E-state index < -0.39 is 10.0 Å². The minimum Gasteiger partial charge on any atom is -0.330 e. The summed E-state index contributed by atoms with van der Waals surface area (Å²) in [6.45, 7) is 7.31. The highest BCUT2D eigenvalue weighted by Crippen LogP contribution is 2.23. The van der Waals surface area contributed by atoms with Crippen molar-refractivity contribution in [3.8, 4) is 0 Å². The van der Waals surface area contributed by atoms with Gasteiger partial charge < -0.3 is 5.73 Å². The van der Waals surface area contributed by atoms with Crippen LogP contribution in [0.1, 0.15) is 39.2 Å². The minimum absolute atomic E-state index is 0. The summed E-state index contributed by atoms with van der Waals surface area (Å²) in [4.78, 5) is 0.313. The van der Waals surface area contributed by atoms with E-state index in [9.17, 15) is 8.42 Å². The van der Waals surface area contributed by atoms with Crippen LogP contribution in [0.15, 0.2) is 29.2 Å². The number of hydrogen-bond acceptors (Lipinski definition) is 3. The molecule has 0 aliphatic rings. The molecule has 116 valence electrons. The molecule has 0 amide bonds. The molecule has 1 rings (SSSR count). The van der Waals surface area contributed by atoms with E-state index in [0.29, 0.717) is 18.0 Å². The van der Waals surface area contributed by atoms with Crippen LogP contribution in [0, 0.1) is 0 Å². The number of rotatable bonds is 6. The van der Waals surface area contributed by atoms with Crippen molar-refractivity contribution in [3.63, 3.8) is 0 Å². The predicted octanol–water partition coefficient (Wildman–Crippen LogP) is 2.42. The molecule has 0 atom stereocenters. The molecule has 0 heterocycles. The van der Waals surface area contributed by atoms with E-state index in [2.05, 4.69) is 25.5 Å². The zero-order valence-corrected chi connectivity index (χ0v) is 14.0. The number of benzene rings is 1. The summed E-state index contributed by atoms with van der Waals surface area (Å²) in [5.41, 5.74) is 6.51. The van der Waals surface area contributed by atoms with Gasteiger partial charge in [-0.25, -0.2) is 13.1 Å². The summed E-state index contributed by atoms with van der Waals surface area (Å²) in [6, 6.07) is 7.06. The van der Waals surface area contributed by atoms with Gasteiger partial charge in [0.25, 0.3) is 0 Å². The van der Waals surface area contributed by atoms with Crippen LogP contribution in [0.25, 0.3) is 0 Å². The summed E-state index contributed by atoms with van der Waals surface area (Å²) in [6.07, 6.45) is 1.58. The first kappa shape index (κ1) is 19.4. The zero-order valence-electron chi connectivity index (χ0n) is 12.3. The summed E-state index contributed by atoms with van der Waals surface area (Å²) in [5, 5.41) is 0. The predicted molar refractivity (Wildman–Crippen MR) is 85.9 cm³/mol. The third kappa shape index (κ3) is 5.79. The summed E-state index contributed by atoms with van der Waals surface area (Å²) in [7, 11) is -3.39. The lowest BCUT2D eigenvalue weighted by Gasteiger charge is -2.19. The molecule has 0 radical (unpaired) electrons. The van der Waals surface area contributed by atoms with Crippen molar-refractivity contribution in [2.45, 2.75) is 43.9 Å². The monoisotopic (exact) mass is 320 g/mol. The largest absolute Gasteiger partial charge is 0.330 e. The second kappa shape index (κ2) is 7.98. The maximum Gasteiger partial charge on any atom is 0.240 e. The molecule has 0 spiro atoms. The van der Waals surface area contributed by atoms with E-state index >= 15 is 0 Å². The number of unbranched alkanes of at least 4 members (excludes halogenated alkanes) is 1. The molecule has 0 aliphatic carbocycles. The Morgan fingerprint density at radius 1 is 1.10 bits per heavy atom. The van der Waals surface area contributed by atoms with Crippen molar-refractivity contribution in [1.29, 1.82) is 0 Å². The lowest BCUT2D eigenvalue weighted by Crippen LogP contribution is -2.25. The van der Waals surface area contributed by atoms with Crippen LogP contribution < -0.4 is 10.5 Å². The van der Waals surface area contributed by atoms with Crippen LogP contribution in [0.5, 0.6) is 0 Å². The number of halogens is 1. The van der Waals surface area contributed by atoms with Crippen molar-refractivity contribution in [1.82, 2.24) is 4.72 Å². The fraction of sp³-hybridized carbons (Fsp3) is 0.571. The van der Waals surface area contributed by atoms with E-state index in [0.717, 1.165) is 18.4 Å². The average molecular weight is 321 g/mol. The maximum atomic E-state index is 12.0. The molecule has 0 bridgehead atoms. The zero-order chi connectivity index (χ0) is 14.5. The Balaban J connectivity index is 0.00000361. The van der Waals surface area contributed by atoms with Crippen LogP contribution in [-0.4, -0.2) is 21.5 Å². The van der Waals surface area contributed by atoms with Gasteiger partial charge in [-0.2, -0.15) is 0 Å². The Labute approximate surface area is 128 Å². The molecule has 0 saturated carbocycles. The van der Waals surface area contributed by atoms with Crippen LogP contribution in [0.4, 0.5) is 0 Å². The topological polar surface area (TPSA) is 72.2 Å². The molecule has 6 heteroatoms. The molecule has 4 nitrogen and oxygen atoms in total. The Morgan fingerprint density at radius 3 is 2.10 bits per heavy atom. The smallest absolute Gasteiger partial charge is 0.240 e. The van der Waals surface area contributed by atoms with Crippen molar-refractivity contribution in [2.75, 3.05) is 13.1 Å². The van der Waals surface area contributed by atoms with Gasteiger partial charge in [-0.05, 0) is 42.5 Å². The first-order chi connectivity index (χ1) is 8.77. The van der Waals surface area contributed by atoms with Crippen molar-refractivity contribution >= 4 is 22.4 Å². The SMILES string of the molecule is CC(C)(C)c1ccc(S(=O)(=O)NCCCCN)cc1.Cl. The summed E-state index contributed by atoms with van der Waals surface area (Å²) < 4.78 is 26.6. The number of nitrogens with one attached hydrogen (secondary N) is 1. The number of hydrogen-bond donors (Lipinski definition) is 2. The summed E-state index contributed by atoms with van der Waals surface area (Å²) >= 11 is 0. The molecule has 0 saturated heterocycles. The van der Waals surface area contributed by atoms with Crippen LogP contribution in [0.2, 0.25) is 0 Å². The fourth-order valence-corrected chi connectivity index (χ4v) is 2.77. The van der Waals surface area contributed by atoms with Gasteiger partial charge in [0, 0.05) is 6.54 Å². The summed E-state index contributed by atoms with van der Waals surface area (Å²) in [5.74, 6) is 0. The van der Waals surface area contributed by atoms with Gasteiger partial charge in [-0.3, -0.25) is 0 Å². The van der Waals surface area contributed by atoms with Gasteiger partial charge in [0.2, 0.25) is 10.0 Å². The molecule has 0 aromatic heterocycles. The second-order valence-corrected chi connectivity index (χ2v) is 7.43. The molecular weight excluding hydrogens is 296 g/mol. The Kier molecular flexibility index (Phi) is 7.73. The van der Waals surface area contributed by atoms with Crippen molar-refractivity contribution < 1.29 is 8.42 Å². The van der Waals surface area contributed by atoms with Gasteiger partial charge in [-0.15, -0.1) is 12.4 Å². The standard InChI is InChI=1S/C14H24N2O2S.ClH/c1-14(2,3)12-6-8-13(9-7-12)19(17,18)16-11-5-4-10-15;/h6-9,16H,4-5,10-11,15H2,1-3H3;1H. The average Bonchev–Trinajstić information content (AvgIpc) is 2.34. The van der Waals surface area contributed by atoms with E-state index in [-0.39, 0.29) is 17.8 Å². The molecule has 0 fully saturated rings. The van der Waals surface area contributed by atoms with Crippen LogP contribution >= 0.6 is 12.4 Å². The van der Waals surface area contributed by atoms with Crippen LogP contribution in [-0.2, 0) is 15.4 Å². The normalized spacial score (nSPS) is 12.0. The van der Waals surface area contributed by atoms with Gasteiger partial charge >= 0.3 is 0 Å². The Bertz CT molecular complexity index is 493. The molecule has 20 heavy (non-hydrogen) atoms. The maximum absolute atomic E-state index is 12.0. The molecule has 0 aliphatic heterocycles. The third-order valence-electron chi connectivity index (χ3n) is 2.95. The molecule has 1 aromatic carbocycles. The molecular formula is C14H25ClN2O2S. The van der Waals surface area contributed by atoms with Crippen molar-refractivity contribution in [2.24, 2.45) is 5.73 Å². The van der Waals surface area contributed by atoms with E-state index in [1.807, 2.05) is 12.1 Å². The second-order valence-electron chi connectivity index (χ2n) is 5.67. The molecule has 0 unspecified atom stereocenters. The van der Waals surface area contributed by atoms with Crippen molar-refractivity contribution in [3.05, 3.63) is 29.8 Å². The Morgan fingerprint density at radius 2 is 1.65 bits per heavy atom. The van der Waals surface area contributed by atoms with Crippen LogP contribution in [0.3, 0.4) is 0 Å². The highest BCUT2D eigenvalue weighted by Gasteiger charge is 2.16. The first-order valence-corrected chi connectivity index (χ1v) is 8.06. The lowest BCUT2D eigenvalue weighted by molar-refractivity contribution is 0.575. The van der Waals surface area contributed by atoms with Gasteiger partial charge in [0.15, 0.2) is 0 Å². The van der Waals surface area contributed by atoms with E-state index in [4.69, 9.17) is 5.73 Å².